The van der Waals surface area contributed by atoms with Crippen molar-refractivity contribution in [3.63, 3.8) is 0 Å². The SMILES string of the molecule is COc1cc([C@@H]2C[C@H](OC(=O)Cc3ccc4cc(O)cc(-c5ccccc5)c4c3)C[C@H](OC(C)=O)[C@@H]3Cc4cc(OC)c(O)cc4C[C@]3(c3ccc4ccccc4c3)C2)ccc1O. The van der Waals surface area contributed by atoms with E-state index in [2.05, 4.69) is 30.3 Å². The van der Waals surface area contributed by atoms with Crippen LogP contribution in [0.15, 0.2) is 133 Å². The minimum atomic E-state index is -0.658. The number of phenolic OH excluding ortho intramolecular Hbond substituents is 3. The lowest BCUT2D eigenvalue weighted by molar-refractivity contribution is -0.160. The van der Waals surface area contributed by atoms with Crippen LogP contribution in [-0.4, -0.2) is 53.7 Å². The maximum Gasteiger partial charge on any atom is 0.310 e. The zero-order chi connectivity index (χ0) is 43.8. The maximum atomic E-state index is 14.2. The molecule has 3 N–H and O–H groups in total. The number of aromatic hydroxyl groups is 3. The minimum absolute atomic E-state index is 0.00139. The van der Waals surface area contributed by atoms with Gasteiger partial charge < -0.3 is 34.3 Å². The first kappa shape index (κ1) is 41.4. The molecule has 0 aromatic heterocycles. The molecule has 2 aliphatic rings. The fourth-order valence-corrected chi connectivity index (χ4v) is 10.5. The number of esters is 2. The summed E-state index contributed by atoms with van der Waals surface area (Å²) in [6, 6.07) is 42.9. The highest BCUT2D eigenvalue weighted by Crippen LogP contribution is 2.55. The molecular weight excluding hydrogens is 793 g/mol. The van der Waals surface area contributed by atoms with Gasteiger partial charge in [0.15, 0.2) is 23.0 Å². The largest absolute Gasteiger partial charge is 0.508 e. The van der Waals surface area contributed by atoms with Crippen LogP contribution in [0, 0.1) is 5.92 Å². The summed E-state index contributed by atoms with van der Waals surface area (Å²) in [5, 5.41) is 36.3. The Morgan fingerprint density at radius 2 is 1.43 bits per heavy atom. The van der Waals surface area contributed by atoms with Crippen molar-refractivity contribution in [3.8, 4) is 39.9 Å². The van der Waals surface area contributed by atoms with Gasteiger partial charge in [0.1, 0.15) is 18.0 Å². The van der Waals surface area contributed by atoms with Gasteiger partial charge in [-0.2, -0.15) is 0 Å². The molecule has 0 aliphatic heterocycles. The number of rotatable bonds is 9. The van der Waals surface area contributed by atoms with Crippen LogP contribution >= 0.6 is 0 Å². The van der Waals surface area contributed by atoms with Crippen molar-refractivity contribution >= 4 is 33.5 Å². The third kappa shape index (κ3) is 8.23. The molecule has 7 aromatic carbocycles. The lowest BCUT2D eigenvalue weighted by Gasteiger charge is -2.52. The van der Waals surface area contributed by atoms with Gasteiger partial charge in [0.25, 0.3) is 0 Å². The van der Waals surface area contributed by atoms with Crippen molar-refractivity contribution in [2.75, 3.05) is 14.2 Å². The van der Waals surface area contributed by atoms with Crippen LogP contribution in [0.2, 0.25) is 0 Å². The van der Waals surface area contributed by atoms with Crippen LogP contribution < -0.4 is 9.47 Å². The molecule has 5 atom stereocenters. The smallest absolute Gasteiger partial charge is 0.310 e. The first-order valence-electron chi connectivity index (χ1n) is 21.4. The normalized spacial score (nSPS) is 20.7. The van der Waals surface area contributed by atoms with Gasteiger partial charge in [0.05, 0.1) is 20.6 Å². The van der Waals surface area contributed by atoms with E-state index < -0.39 is 29.6 Å². The Kier molecular flexibility index (Phi) is 11.2. The molecule has 1 fully saturated rings. The molecule has 1 saturated carbocycles. The van der Waals surface area contributed by atoms with E-state index in [1.807, 2.05) is 78.9 Å². The van der Waals surface area contributed by atoms with Crippen LogP contribution in [0.25, 0.3) is 32.7 Å². The predicted molar refractivity (Wildman–Crippen MR) is 243 cm³/mol. The zero-order valence-corrected chi connectivity index (χ0v) is 35.5. The van der Waals surface area contributed by atoms with Gasteiger partial charge in [0, 0.05) is 24.7 Å². The minimum Gasteiger partial charge on any atom is -0.508 e. The Morgan fingerprint density at radius 3 is 2.21 bits per heavy atom. The number of hydrogen-bond acceptors (Lipinski definition) is 9. The molecule has 9 heteroatoms. The third-order valence-electron chi connectivity index (χ3n) is 13.3. The molecular formula is C54H50O9. The van der Waals surface area contributed by atoms with E-state index in [4.69, 9.17) is 18.9 Å². The average Bonchev–Trinajstić information content (AvgIpc) is 3.27. The summed E-state index contributed by atoms with van der Waals surface area (Å²) in [5.74, 6) is -0.430. The van der Waals surface area contributed by atoms with Gasteiger partial charge in [-0.05, 0) is 135 Å². The van der Waals surface area contributed by atoms with Crippen LogP contribution in [0.1, 0.15) is 59.9 Å². The molecule has 0 bridgehead atoms. The van der Waals surface area contributed by atoms with Crippen LogP contribution in [0.4, 0.5) is 0 Å². The van der Waals surface area contributed by atoms with E-state index in [1.54, 1.807) is 24.3 Å². The number of carbonyl (C=O) groups excluding carboxylic acids is 2. The van der Waals surface area contributed by atoms with E-state index in [0.717, 1.165) is 60.5 Å². The van der Waals surface area contributed by atoms with Gasteiger partial charge in [-0.15, -0.1) is 0 Å². The van der Waals surface area contributed by atoms with E-state index in [9.17, 15) is 24.9 Å². The third-order valence-corrected chi connectivity index (χ3v) is 13.3. The molecule has 0 saturated heterocycles. The summed E-state index contributed by atoms with van der Waals surface area (Å²) in [6.07, 6.45) is 0.916. The van der Waals surface area contributed by atoms with Crippen LogP contribution in [0.3, 0.4) is 0 Å². The number of methoxy groups -OCH3 is 2. The lowest BCUT2D eigenvalue weighted by Crippen LogP contribution is -2.52. The Hall–Kier alpha value is -7.00. The van der Waals surface area contributed by atoms with Crippen LogP contribution in [0.5, 0.6) is 28.7 Å². The molecule has 0 heterocycles. The quantitative estimate of drug-likeness (QED) is 0.122. The average molecular weight is 843 g/mol. The van der Waals surface area contributed by atoms with E-state index in [0.29, 0.717) is 37.2 Å². The standard InChI is InChI=1S/C54H50O9/c1-32(55)62-50-29-44(63-53(59)20-33-13-14-38-22-43(56)28-46(45(38)19-33)35-10-5-4-6-11-35)23-40(37-16-18-48(57)51(26-37)60-2)30-54(42-17-15-34-9-7-8-12-36(34)21-42)31-41-25-49(58)52(61-3)27-39(41)24-47(50)54/h4-19,21-22,25-28,40,44,47,50,56-58H,20,23-24,29-31H2,1-3H3/t40-,44+,47+,50+,54+/m1/s1. The highest BCUT2D eigenvalue weighted by molar-refractivity contribution is 5.98. The number of benzene rings is 7. The monoisotopic (exact) mass is 842 g/mol. The second-order valence-corrected chi connectivity index (χ2v) is 17.2. The molecule has 9 nitrogen and oxygen atoms in total. The van der Waals surface area contributed by atoms with Crippen molar-refractivity contribution in [1.82, 2.24) is 0 Å². The zero-order valence-electron chi connectivity index (χ0n) is 35.5. The molecule has 320 valence electrons. The summed E-state index contributed by atoms with van der Waals surface area (Å²) in [7, 11) is 3.05. The van der Waals surface area contributed by atoms with Gasteiger partial charge in [-0.1, -0.05) is 91.0 Å². The van der Waals surface area contributed by atoms with Crippen LogP contribution in [-0.2, 0) is 43.7 Å². The highest BCUT2D eigenvalue weighted by Gasteiger charge is 2.52. The summed E-state index contributed by atoms with van der Waals surface area (Å²) in [5.41, 5.74) is 5.87. The molecule has 0 spiro atoms. The molecule has 7 aromatic rings. The number of carbonyl (C=O) groups is 2. The summed E-state index contributed by atoms with van der Waals surface area (Å²) < 4.78 is 24.1. The highest BCUT2D eigenvalue weighted by atomic mass is 16.6. The summed E-state index contributed by atoms with van der Waals surface area (Å²) in [6.45, 7) is 1.42. The van der Waals surface area contributed by atoms with Crippen molar-refractivity contribution < 1.29 is 43.9 Å². The molecule has 9 rings (SSSR count). The molecule has 0 amide bonds. The fraction of sp³-hybridized carbons (Fsp3) is 0.259. The molecule has 63 heavy (non-hydrogen) atoms. The van der Waals surface area contributed by atoms with Crippen molar-refractivity contribution in [2.45, 2.75) is 69.0 Å². The Bertz CT molecular complexity index is 2850. The lowest BCUT2D eigenvalue weighted by atomic mass is 9.54. The second-order valence-electron chi connectivity index (χ2n) is 17.2. The van der Waals surface area contributed by atoms with Gasteiger partial charge in [0.2, 0.25) is 0 Å². The van der Waals surface area contributed by atoms with Crippen molar-refractivity contribution in [3.05, 3.63) is 161 Å². The molecule has 2 aliphatic carbocycles. The first-order chi connectivity index (χ1) is 30.5. The number of ether oxygens (including phenoxy) is 4. The number of fused-ring (bicyclic) bond motifs is 4. The Labute approximate surface area is 366 Å². The predicted octanol–water partition coefficient (Wildman–Crippen LogP) is 10.5. The van der Waals surface area contributed by atoms with Crippen molar-refractivity contribution in [2.24, 2.45) is 5.92 Å². The Morgan fingerprint density at radius 1 is 0.683 bits per heavy atom. The molecule has 0 radical (unpaired) electrons. The first-order valence-corrected chi connectivity index (χ1v) is 21.4. The van der Waals surface area contributed by atoms with E-state index in [-0.39, 0.29) is 41.9 Å². The van der Waals surface area contributed by atoms with E-state index >= 15 is 0 Å². The summed E-state index contributed by atoms with van der Waals surface area (Å²) in [4.78, 5) is 27.4. The van der Waals surface area contributed by atoms with Gasteiger partial charge in [-0.25, -0.2) is 0 Å². The molecule has 0 unspecified atom stereocenters. The maximum absolute atomic E-state index is 14.2. The van der Waals surface area contributed by atoms with Gasteiger partial charge >= 0.3 is 11.9 Å². The van der Waals surface area contributed by atoms with Crippen molar-refractivity contribution in [1.29, 1.82) is 0 Å². The number of hydrogen-bond donors (Lipinski definition) is 3. The van der Waals surface area contributed by atoms with E-state index in [1.165, 1.54) is 21.1 Å². The second kappa shape index (κ2) is 17.0. The Balaban J connectivity index is 1.14. The van der Waals surface area contributed by atoms with Gasteiger partial charge in [-0.3, -0.25) is 9.59 Å². The number of phenols is 3. The summed E-state index contributed by atoms with van der Waals surface area (Å²) >= 11 is 0. The topological polar surface area (TPSA) is 132 Å². The fourth-order valence-electron chi connectivity index (χ4n) is 10.5.